The predicted octanol–water partition coefficient (Wildman–Crippen LogP) is 5.65. The third kappa shape index (κ3) is 4.36. The molecule has 7 heteroatoms. The number of aromatic nitrogens is 3. The van der Waals surface area contributed by atoms with E-state index < -0.39 is 0 Å². The standard InChI is InChI=1S/C27H25N3O3S/c1-16-6-4-7-18(10-16)15-34-27-23-12-22-20(14-31)13-28-17(2)24(22)33-26(23)29-25(30-27)19-8-5-9-21(11-19)32-3/h4-11,13,31H,12,14-15H2,1-3H3. The van der Waals surface area contributed by atoms with Crippen LogP contribution in [-0.2, 0) is 18.8 Å². The van der Waals surface area contributed by atoms with Gasteiger partial charge < -0.3 is 14.6 Å². The van der Waals surface area contributed by atoms with Crippen molar-refractivity contribution in [2.75, 3.05) is 7.11 Å². The number of nitrogens with zero attached hydrogens (tertiary/aromatic N) is 3. The van der Waals surface area contributed by atoms with Crippen molar-refractivity contribution in [3.63, 3.8) is 0 Å². The Bertz CT molecular complexity index is 1370. The van der Waals surface area contributed by atoms with Crippen molar-refractivity contribution in [3.8, 4) is 28.8 Å². The van der Waals surface area contributed by atoms with E-state index in [1.54, 1.807) is 25.1 Å². The highest BCUT2D eigenvalue weighted by Crippen LogP contribution is 2.43. The Labute approximate surface area is 203 Å². The van der Waals surface area contributed by atoms with Gasteiger partial charge in [-0.3, -0.25) is 4.98 Å². The van der Waals surface area contributed by atoms with Gasteiger partial charge in [0, 0.05) is 35.1 Å². The van der Waals surface area contributed by atoms with Crippen LogP contribution in [0.15, 0.2) is 59.8 Å². The largest absolute Gasteiger partial charge is 0.497 e. The first-order valence-corrected chi connectivity index (χ1v) is 12.0. The lowest BCUT2D eigenvalue weighted by atomic mass is 9.99. The number of pyridine rings is 1. The van der Waals surface area contributed by atoms with Crippen molar-refractivity contribution < 1.29 is 14.6 Å². The Kier molecular flexibility index (Phi) is 6.22. The molecule has 0 unspecified atom stereocenters. The monoisotopic (exact) mass is 471 g/mol. The number of methoxy groups -OCH3 is 1. The molecule has 0 radical (unpaired) electrons. The lowest BCUT2D eigenvalue weighted by Crippen LogP contribution is -2.13. The van der Waals surface area contributed by atoms with Gasteiger partial charge in [0.05, 0.1) is 25.0 Å². The molecule has 1 N–H and O–H groups in total. The van der Waals surface area contributed by atoms with Gasteiger partial charge >= 0.3 is 0 Å². The zero-order valence-corrected chi connectivity index (χ0v) is 20.1. The number of hydrogen-bond donors (Lipinski definition) is 1. The maximum Gasteiger partial charge on any atom is 0.227 e. The molecule has 0 aliphatic carbocycles. The third-order valence-corrected chi connectivity index (χ3v) is 6.93. The molecular weight excluding hydrogens is 446 g/mol. The Morgan fingerprint density at radius 2 is 1.91 bits per heavy atom. The molecule has 0 saturated carbocycles. The number of thioether (sulfide) groups is 1. The van der Waals surface area contributed by atoms with Crippen LogP contribution in [0.4, 0.5) is 0 Å². The Morgan fingerprint density at radius 3 is 2.71 bits per heavy atom. The summed E-state index contributed by atoms with van der Waals surface area (Å²) in [5, 5.41) is 10.7. The number of hydrogen-bond acceptors (Lipinski definition) is 7. The fourth-order valence-electron chi connectivity index (χ4n) is 4.06. The quantitative estimate of drug-likeness (QED) is 0.253. The van der Waals surface area contributed by atoms with Crippen molar-refractivity contribution in [1.82, 2.24) is 15.0 Å². The minimum absolute atomic E-state index is 0.0944. The van der Waals surface area contributed by atoms with E-state index in [1.165, 1.54) is 11.1 Å². The minimum atomic E-state index is -0.0944. The second kappa shape index (κ2) is 9.44. The fraction of sp³-hybridized carbons (Fsp3) is 0.222. The number of benzene rings is 2. The van der Waals surface area contributed by atoms with Gasteiger partial charge in [0.25, 0.3) is 0 Å². The summed E-state index contributed by atoms with van der Waals surface area (Å²) in [6, 6.07) is 16.2. The average molecular weight is 472 g/mol. The Hall–Kier alpha value is -3.42. The molecule has 3 heterocycles. The molecule has 4 aromatic rings. The second-order valence-corrected chi connectivity index (χ2v) is 9.22. The Morgan fingerprint density at radius 1 is 1.06 bits per heavy atom. The van der Waals surface area contributed by atoms with Crippen molar-refractivity contribution >= 4 is 11.8 Å². The molecule has 0 saturated heterocycles. The van der Waals surface area contributed by atoms with Crippen LogP contribution in [0.2, 0.25) is 0 Å². The highest BCUT2D eigenvalue weighted by atomic mass is 32.2. The normalized spacial score (nSPS) is 12.0. The van der Waals surface area contributed by atoms with Crippen LogP contribution >= 0.6 is 11.8 Å². The first-order chi connectivity index (χ1) is 16.6. The SMILES string of the molecule is COc1cccc(-c2nc3c(c(SCc4cccc(C)c4)n2)Cc2c(CO)cnc(C)c2O3)c1. The van der Waals surface area contributed by atoms with E-state index in [0.29, 0.717) is 23.9 Å². The average Bonchev–Trinajstić information content (AvgIpc) is 2.86. The summed E-state index contributed by atoms with van der Waals surface area (Å²) in [6.45, 7) is 3.91. The molecular formula is C27H25N3O3S. The Balaban J connectivity index is 1.60. The summed E-state index contributed by atoms with van der Waals surface area (Å²) in [7, 11) is 1.64. The summed E-state index contributed by atoms with van der Waals surface area (Å²) >= 11 is 1.67. The molecule has 2 aromatic heterocycles. The summed E-state index contributed by atoms with van der Waals surface area (Å²) < 4.78 is 11.7. The number of aryl methyl sites for hydroxylation is 2. The first-order valence-electron chi connectivity index (χ1n) is 11.1. The summed E-state index contributed by atoms with van der Waals surface area (Å²) in [5.74, 6) is 3.30. The summed E-state index contributed by atoms with van der Waals surface area (Å²) in [6.07, 6.45) is 2.30. The van der Waals surface area contributed by atoms with Gasteiger partial charge in [-0.25, -0.2) is 4.98 Å². The molecule has 0 atom stereocenters. The van der Waals surface area contributed by atoms with E-state index in [2.05, 4.69) is 36.2 Å². The number of aliphatic hydroxyl groups is 1. The van der Waals surface area contributed by atoms with Gasteiger partial charge in [-0.2, -0.15) is 4.98 Å². The topological polar surface area (TPSA) is 77.4 Å². The van der Waals surface area contributed by atoms with Crippen molar-refractivity contribution in [2.45, 2.75) is 37.7 Å². The van der Waals surface area contributed by atoms with Gasteiger partial charge in [-0.05, 0) is 31.5 Å². The van der Waals surface area contributed by atoms with Crippen molar-refractivity contribution in [3.05, 3.63) is 88.2 Å². The minimum Gasteiger partial charge on any atom is -0.497 e. The van der Waals surface area contributed by atoms with Crippen LogP contribution in [0.1, 0.15) is 33.5 Å². The number of rotatable bonds is 6. The van der Waals surface area contributed by atoms with Gasteiger partial charge in [-0.1, -0.05) is 42.0 Å². The molecule has 2 aromatic carbocycles. The molecule has 172 valence electrons. The zero-order valence-electron chi connectivity index (χ0n) is 19.3. The van der Waals surface area contributed by atoms with E-state index in [-0.39, 0.29) is 6.61 Å². The lowest BCUT2D eigenvalue weighted by Gasteiger charge is -2.24. The maximum atomic E-state index is 9.88. The number of fused-ring (bicyclic) bond motifs is 2. The van der Waals surface area contributed by atoms with E-state index in [9.17, 15) is 5.11 Å². The summed E-state index contributed by atoms with van der Waals surface area (Å²) in [5.41, 5.74) is 6.72. The molecule has 0 bridgehead atoms. The highest BCUT2D eigenvalue weighted by Gasteiger charge is 2.27. The number of ether oxygens (including phenoxy) is 2. The van der Waals surface area contributed by atoms with E-state index in [0.717, 1.165) is 44.5 Å². The van der Waals surface area contributed by atoms with Crippen LogP contribution in [0.5, 0.6) is 17.4 Å². The fourth-order valence-corrected chi connectivity index (χ4v) is 5.03. The van der Waals surface area contributed by atoms with Crippen LogP contribution in [0, 0.1) is 13.8 Å². The van der Waals surface area contributed by atoms with Crippen molar-refractivity contribution in [2.24, 2.45) is 0 Å². The van der Waals surface area contributed by atoms with Gasteiger partial charge in [0.2, 0.25) is 5.88 Å². The van der Waals surface area contributed by atoms with E-state index in [1.807, 2.05) is 31.2 Å². The predicted molar refractivity (Wildman–Crippen MR) is 133 cm³/mol. The van der Waals surface area contributed by atoms with Gasteiger partial charge in [0.15, 0.2) is 11.6 Å². The molecule has 5 rings (SSSR count). The molecule has 0 amide bonds. The second-order valence-electron chi connectivity index (χ2n) is 8.26. The van der Waals surface area contributed by atoms with Crippen LogP contribution in [0.25, 0.3) is 11.4 Å². The van der Waals surface area contributed by atoms with E-state index >= 15 is 0 Å². The molecule has 1 aliphatic rings. The first kappa shape index (κ1) is 22.4. The zero-order chi connectivity index (χ0) is 23.7. The van der Waals surface area contributed by atoms with Crippen LogP contribution in [0.3, 0.4) is 0 Å². The molecule has 34 heavy (non-hydrogen) atoms. The highest BCUT2D eigenvalue weighted by molar-refractivity contribution is 7.98. The lowest BCUT2D eigenvalue weighted by molar-refractivity contribution is 0.278. The van der Waals surface area contributed by atoms with Gasteiger partial charge in [0.1, 0.15) is 10.8 Å². The number of aliphatic hydroxyl groups excluding tert-OH is 1. The molecule has 0 spiro atoms. The third-order valence-electron chi connectivity index (χ3n) is 5.84. The van der Waals surface area contributed by atoms with Crippen LogP contribution < -0.4 is 9.47 Å². The molecule has 0 fully saturated rings. The smallest absolute Gasteiger partial charge is 0.227 e. The molecule has 1 aliphatic heterocycles. The van der Waals surface area contributed by atoms with Crippen LogP contribution in [-0.4, -0.2) is 27.2 Å². The maximum absolute atomic E-state index is 9.88. The van der Waals surface area contributed by atoms with Crippen molar-refractivity contribution in [1.29, 1.82) is 0 Å². The molecule has 6 nitrogen and oxygen atoms in total. The van der Waals surface area contributed by atoms with E-state index in [4.69, 9.17) is 19.4 Å². The van der Waals surface area contributed by atoms with Gasteiger partial charge in [-0.15, -0.1) is 11.8 Å². The summed E-state index contributed by atoms with van der Waals surface area (Å²) in [4.78, 5) is 14.1.